The molecule has 1 aromatic carbocycles. The number of hydrogen-bond donors (Lipinski definition) is 1. The molecular weight excluding hydrogens is 214 g/mol. The Kier molecular flexibility index (Phi) is 2.91. The lowest BCUT2D eigenvalue weighted by molar-refractivity contribution is 0.0698. The van der Waals surface area contributed by atoms with Crippen LogP contribution < -0.4 is 0 Å². The van der Waals surface area contributed by atoms with Crippen LogP contribution in [0.4, 0.5) is 0 Å². The van der Waals surface area contributed by atoms with Gasteiger partial charge >= 0.3 is 5.97 Å². The summed E-state index contributed by atoms with van der Waals surface area (Å²) >= 11 is 0. The first-order valence-electron chi connectivity index (χ1n) is 5.34. The van der Waals surface area contributed by atoms with Crippen LogP contribution in [0.5, 0.6) is 0 Å². The molecular formula is C14H13NO2. The highest BCUT2D eigenvalue weighted by Crippen LogP contribution is 2.27. The van der Waals surface area contributed by atoms with E-state index in [-0.39, 0.29) is 0 Å². The molecule has 0 saturated carbocycles. The van der Waals surface area contributed by atoms with Crippen LogP contribution in [0.3, 0.4) is 0 Å². The quantitative estimate of drug-likeness (QED) is 0.857. The number of carboxylic acid groups (broad SMARTS) is 1. The Bertz CT molecular complexity index is 576. The van der Waals surface area contributed by atoms with Gasteiger partial charge in [0.1, 0.15) is 0 Å². The molecule has 0 spiro atoms. The van der Waals surface area contributed by atoms with Gasteiger partial charge in [-0.05, 0) is 37.1 Å². The number of hydrogen-bond acceptors (Lipinski definition) is 2. The maximum absolute atomic E-state index is 11.2. The summed E-state index contributed by atoms with van der Waals surface area (Å²) < 4.78 is 0. The summed E-state index contributed by atoms with van der Waals surface area (Å²) in [7, 11) is 0. The van der Waals surface area contributed by atoms with Crippen LogP contribution in [0, 0.1) is 13.8 Å². The van der Waals surface area contributed by atoms with Gasteiger partial charge in [0.25, 0.3) is 0 Å². The van der Waals surface area contributed by atoms with E-state index in [9.17, 15) is 9.90 Å². The third-order valence-corrected chi connectivity index (χ3v) is 2.73. The highest BCUT2D eigenvalue weighted by atomic mass is 16.4. The van der Waals surface area contributed by atoms with E-state index in [1.165, 1.54) is 0 Å². The minimum atomic E-state index is -0.914. The molecule has 2 rings (SSSR count). The van der Waals surface area contributed by atoms with Crippen LogP contribution in [0.2, 0.25) is 0 Å². The molecule has 1 heterocycles. The highest BCUT2D eigenvalue weighted by molar-refractivity contribution is 5.96. The molecule has 0 saturated heterocycles. The van der Waals surface area contributed by atoms with E-state index in [1.54, 1.807) is 24.5 Å². The number of rotatable bonds is 2. The van der Waals surface area contributed by atoms with Crippen molar-refractivity contribution in [2.75, 3.05) is 0 Å². The molecule has 0 radical (unpaired) electrons. The molecule has 1 N–H and O–H groups in total. The third-order valence-electron chi connectivity index (χ3n) is 2.73. The van der Waals surface area contributed by atoms with Crippen molar-refractivity contribution in [1.82, 2.24) is 4.98 Å². The van der Waals surface area contributed by atoms with Crippen molar-refractivity contribution in [3.05, 3.63) is 53.3 Å². The van der Waals surface area contributed by atoms with Crippen LogP contribution in [0.1, 0.15) is 21.5 Å². The van der Waals surface area contributed by atoms with Crippen LogP contribution in [0.15, 0.2) is 36.7 Å². The fourth-order valence-electron chi connectivity index (χ4n) is 1.81. The van der Waals surface area contributed by atoms with Gasteiger partial charge in [-0.2, -0.15) is 0 Å². The number of carbonyl (C=O) groups is 1. The second-order valence-electron chi connectivity index (χ2n) is 4.04. The smallest absolute Gasteiger partial charge is 0.336 e. The minimum absolute atomic E-state index is 0.312. The maximum Gasteiger partial charge on any atom is 0.336 e. The summed E-state index contributed by atoms with van der Waals surface area (Å²) in [6.45, 7) is 3.89. The molecule has 0 unspecified atom stereocenters. The second-order valence-corrected chi connectivity index (χ2v) is 4.04. The molecule has 0 aliphatic carbocycles. The van der Waals surface area contributed by atoms with E-state index in [4.69, 9.17) is 0 Å². The largest absolute Gasteiger partial charge is 0.478 e. The Balaban J connectivity index is 2.70. The zero-order valence-corrected chi connectivity index (χ0v) is 9.77. The van der Waals surface area contributed by atoms with Crippen molar-refractivity contribution in [2.24, 2.45) is 0 Å². The van der Waals surface area contributed by atoms with Gasteiger partial charge in [0.2, 0.25) is 0 Å². The van der Waals surface area contributed by atoms with Crippen molar-refractivity contribution >= 4 is 5.97 Å². The number of aryl methyl sites for hydroxylation is 2. The van der Waals surface area contributed by atoms with Crippen LogP contribution in [-0.4, -0.2) is 16.1 Å². The lowest BCUT2D eigenvalue weighted by atomic mass is 9.96. The summed E-state index contributed by atoms with van der Waals surface area (Å²) in [5.74, 6) is -0.914. The van der Waals surface area contributed by atoms with Gasteiger partial charge in [0, 0.05) is 18.0 Å². The van der Waals surface area contributed by atoms with Gasteiger partial charge in [0.15, 0.2) is 0 Å². The molecule has 1 aromatic heterocycles. The highest BCUT2D eigenvalue weighted by Gasteiger charge is 2.13. The average Bonchev–Trinajstić information content (AvgIpc) is 2.29. The first-order chi connectivity index (χ1) is 8.09. The summed E-state index contributed by atoms with van der Waals surface area (Å²) in [4.78, 5) is 15.3. The summed E-state index contributed by atoms with van der Waals surface area (Å²) in [6, 6.07) is 7.20. The SMILES string of the molecule is Cc1ccc(C(=O)O)c(-c2cnccc2C)c1. The molecule has 17 heavy (non-hydrogen) atoms. The van der Waals surface area contributed by atoms with E-state index in [0.29, 0.717) is 5.56 Å². The Morgan fingerprint density at radius 3 is 2.59 bits per heavy atom. The predicted molar refractivity (Wildman–Crippen MR) is 66.1 cm³/mol. The molecule has 0 bridgehead atoms. The molecule has 0 fully saturated rings. The Hall–Kier alpha value is -2.16. The van der Waals surface area contributed by atoms with E-state index in [0.717, 1.165) is 22.3 Å². The van der Waals surface area contributed by atoms with Crippen LogP contribution in [0.25, 0.3) is 11.1 Å². The minimum Gasteiger partial charge on any atom is -0.478 e. The fourth-order valence-corrected chi connectivity index (χ4v) is 1.81. The monoisotopic (exact) mass is 227 g/mol. The molecule has 2 aromatic rings. The summed E-state index contributed by atoms with van der Waals surface area (Å²) in [6.07, 6.45) is 3.41. The zero-order chi connectivity index (χ0) is 12.4. The van der Waals surface area contributed by atoms with Crippen molar-refractivity contribution in [2.45, 2.75) is 13.8 Å². The topological polar surface area (TPSA) is 50.2 Å². The van der Waals surface area contributed by atoms with E-state index in [1.807, 2.05) is 26.0 Å². The zero-order valence-electron chi connectivity index (χ0n) is 9.77. The number of nitrogens with zero attached hydrogens (tertiary/aromatic N) is 1. The van der Waals surface area contributed by atoms with Gasteiger partial charge in [-0.25, -0.2) is 4.79 Å². The molecule has 3 nitrogen and oxygen atoms in total. The van der Waals surface area contributed by atoms with Gasteiger partial charge in [0.05, 0.1) is 5.56 Å². The number of benzene rings is 1. The second kappa shape index (κ2) is 4.37. The molecule has 0 amide bonds. The molecule has 86 valence electrons. The fraction of sp³-hybridized carbons (Fsp3) is 0.143. The Labute approximate surface area is 99.8 Å². The van der Waals surface area contributed by atoms with E-state index >= 15 is 0 Å². The first-order valence-corrected chi connectivity index (χ1v) is 5.34. The Morgan fingerprint density at radius 2 is 1.94 bits per heavy atom. The molecule has 0 atom stereocenters. The van der Waals surface area contributed by atoms with Crippen molar-refractivity contribution < 1.29 is 9.90 Å². The third kappa shape index (κ3) is 2.18. The van der Waals surface area contributed by atoms with E-state index < -0.39 is 5.97 Å². The summed E-state index contributed by atoms with van der Waals surface area (Å²) in [5.41, 5.74) is 3.96. The van der Waals surface area contributed by atoms with E-state index in [2.05, 4.69) is 4.98 Å². The Morgan fingerprint density at radius 1 is 1.18 bits per heavy atom. The number of carboxylic acids is 1. The van der Waals surface area contributed by atoms with Crippen LogP contribution >= 0.6 is 0 Å². The van der Waals surface area contributed by atoms with Crippen molar-refractivity contribution in [1.29, 1.82) is 0 Å². The molecule has 3 heteroatoms. The van der Waals surface area contributed by atoms with Crippen LogP contribution in [-0.2, 0) is 0 Å². The lowest BCUT2D eigenvalue weighted by Crippen LogP contribution is -2.00. The van der Waals surface area contributed by atoms with Gasteiger partial charge < -0.3 is 5.11 Å². The van der Waals surface area contributed by atoms with Gasteiger partial charge in [-0.1, -0.05) is 17.7 Å². The van der Waals surface area contributed by atoms with Gasteiger partial charge in [-0.3, -0.25) is 4.98 Å². The summed E-state index contributed by atoms with van der Waals surface area (Å²) in [5, 5.41) is 9.19. The first kappa shape index (κ1) is 11.3. The maximum atomic E-state index is 11.2. The molecule has 0 aliphatic heterocycles. The normalized spacial score (nSPS) is 10.2. The van der Waals surface area contributed by atoms with Crippen molar-refractivity contribution in [3.8, 4) is 11.1 Å². The lowest BCUT2D eigenvalue weighted by Gasteiger charge is -2.09. The molecule has 0 aliphatic rings. The standard InChI is InChI=1S/C14H13NO2/c1-9-3-4-11(14(16)17)12(7-9)13-8-15-6-5-10(13)2/h3-8H,1-2H3,(H,16,17). The number of pyridine rings is 1. The van der Waals surface area contributed by atoms with Gasteiger partial charge in [-0.15, -0.1) is 0 Å². The average molecular weight is 227 g/mol. The van der Waals surface area contributed by atoms with Crippen molar-refractivity contribution in [3.63, 3.8) is 0 Å². The number of aromatic carboxylic acids is 1. The number of aromatic nitrogens is 1. The predicted octanol–water partition coefficient (Wildman–Crippen LogP) is 3.06.